The molecule has 1 unspecified atom stereocenters. The van der Waals surface area contributed by atoms with Crippen LogP contribution in [-0.2, 0) is 0 Å². The average molecular weight is 214 g/mol. The minimum Gasteiger partial charge on any atom is -0.393 e. The van der Waals surface area contributed by atoms with Crippen LogP contribution in [0.4, 0.5) is 0 Å². The summed E-state index contributed by atoms with van der Waals surface area (Å²) in [7, 11) is 0. The maximum atomic E-state index is 9.66. The molecule has 0 aliphatic carbocycles. The zero-order chi connectivity index (χ0) is 11.5. The van der Waals surface area contributed by atoms with Gasteiger partial charge in [-0.1, -0.05) is 65.7 Å². The van der Waals surface area contributed by atoms with Gasteiger partial charge in [-0.2, -0.15) is 0 Å². The number of aliphatic hydroxyl groups is 1. The third-order valence-corrected chi connectivity index (χ3v) is 2.88. The van der Waals surface area contributed by atoms with Gasteiger partial charge in [0.05, 0.1) is 6.10 Å². The molecule has 0 aromatic rings. The second-order valence-electron chi connectivity index (χ2n) is 5.19. The molecule has 0 radical (unpaired) electrons. The minimum absolute atomic E-state index is 0.0550. The van der Waals surface area contributed by atoms with Crippen molar-refractivity contribution in [1.29, 1.82) is 0 Å². The van der Waals surface area contributed by atoms with Crippen molar-refractivity contribution in [2.45, 2.75) is 84.7 Å². The topological polar surface area (TPSA) is 20.2 Å². The summed E-state index contributed by atoms with van der Waals surface area (Å²) in [5.74, 6) is 0.629. The molecule has 0 aliphatic heterocycles. The zero-order valence-electron chi connectivity index (χ0n) is 11.0. The Morgan fingerprint density at radius 2 is 1.40 bits per heavy atom. The Balaban J connectivity index is 3.09. The monoisotopic (exact) mass is 214 g/mol. The molecule has 0 saturated carbocycles. The highest BCUT2D eigenvalue weighted by Gasteiger charge is 2.05. The fourth-order valence-electron chi connectivity index (χ4n) is 2.00. The van der Waals surface area contributed by atoms with E-state index >= 15 is 0 Å². The van der Waals surface area contributed by atoms with Crippen molar-refractivity contribution in [3.05, 3.63) is 0 Å². The van der Waals surface area contributed by atoms with Crippen LogP contribution < -0.4 is 0 Å². The highest BCUT2D eigenvalue weighted by atomic mass is 16.3. The first-order valence-electron chi connectivity index (χ1n) is 6.84. The van der Waals surface area contributed by atoms with Crippen LogP contribution in [0, 0.1) is 5.92 Å². The van der Waals surface area contributed by atoms with Gasteiger partial charge in [-0.25, -0.2) is 0 Å². The number of rotatable bonds is 10. The number of unbranched alkanes of at least 4 members (excludes halogenated alkanes) is 6. The first-order valence-corrected chi connectivity index (χ1v) is 6.84. The Hall–Kier alpha value is -0.0400. The molecule has 92 valence electrons. The van der Waals surface area contributed by atoms with E-state index in [-0.39, 0.29) is 6.10 Å². The van der Waals surface area contributed by atoms with E-state index in [0.29, 0.717) is 5.92 Å². The van der Waals surface area contributed by atoms with Crippen molar-refractivity contribution in [1.82, 2.24) is 0 Å². The van der Waals surface area contributed by atoms with E-state index in [0.717, 1.165) is 12.8 Å². The molecule has 0 aromatic carbocycles. The number of hydrogen-bond donors (Lipinski definition) is 1. The van der Waals surface area contributed by atoms with Gasteiger partial charge in [0.1, 0.15) is 0 Å². The van der Waals surface area contributed by atoms with Gasteiger partial charge in [0.25, 0.3) is 0 Å². The maximum Gasteiger partial charge on any atom is 0.0542 e. The molecule has 0 spiro atoms. The molecule has 1 heteroatoms. The van der Waals surface area contributed by atoms with Crippen LogP contribution in [0.2, 0.25) is 0 Å². The van der Waals surface area contributed by atoms with E-state index in [9.17, 15) is 5.11 Å². The third-order valence-electron chi connectivity index (χ3n) is 2.88. The Morgan fingerprint density at radius 3 is 1.93 bits per heavy atom. The van der Waals surface area contributed by atoms with E-state index in [1.54, 1.807) is 0 Å². The Bertz CT molecular complexity index is 121. The van der Waals surface area contributed by atoms with Crippen LogP contribution in [0.1, 0.15) is 78.6 Å². The maximum absolute atomic E-state index is 9.66. The summed E-state index contributed by atoms with van der Waals surface area (Å²) in [5.41, 5.74) is 0. The van der Waals surface area contributed by atoms with Gasteiger partial charge < -0.3 is 5.11 Å². The molecule has 0 saturated heterocycles. The molecule has 1 N–H and O–H groups in total. The Kier molecular flexibility index (Phi) is 10.4. The summed E-state index contributed by atoms with van der Waals surface area (Å²) in [6.45, 7) is 6.60. The predicted octanol–water partition coefficient (Wildman–Crippen LogP) is 4.53. The molecule has 0 fully saturated rings. The van der Waals surface area contributed by atoms with Crippen molar-refractivity contribution in [3.63, 3.8) is 0 Å². The highest BCUT2D eigenvalue weighted by molar-refractivity contribution is 4.58. The molecule has 15 heavy (non-hydrogen) atoms. The standard InChI is InChI=1S/C14H30O/c1-4-5-6-7-8-9-10-11-14(15)12-13(2)3/h13-15H,4-12H2,1-3H3. The van der Waals surface area contributed by atoms with Crippen molar-refractivity contribution in [2.75, 3.05) is 0 Å². The van der Waals surface area contributed by atoms with Crippen LogP contribution in [0.25, 0.3) is 0 Å². The molecule has 1 atom stereocenters. The molecule has 0 aliphatic rings. The summed E-state index contributed by atoms with van der Waals surface area (Å²) in [4.78, 5) is 0. The second kappa shape index (κ2) is 10.5. The summed E-state index contributed by atoms with van der Waals surface area (Å²) >= 11 is 0. The summed E-state index contributed by atoms with van der Waals surface area (Å²) in [6, 6.07) is 0. The Morgan fingerprint density at radius 1 is 0.867 bits per heavy atom. The summed E-state index contributed by atoms with van der Waals surface area (Å²) < 4.78 is 0. The normalized spacial score (nSPS) is 13.4. The van der Waals surface area contributed by atoms with E-state index in [1.165, 1.54) is 44.9 Å². The predicted molar refractivity (Wildman–Crippen MR) is 68.1 cm³/mol. The largest absolute Gasteiger partial charge is 0.393 e. The Labute approximate surface area is 96.3 Å². The van der Waals surface area contributed by atoms with Crippen LogP contribution in [0.3, 0.4) is 0 Å². The molecular weight excluding hydrogens is 184 g/mol. The quantitative estimate of drug-likeness (QED) is 0.530. The van der Waals surface area contributed by atoms with Crippen LogP contribution in [0.15, 0.2) is 0 Å². The minimum atomic E-state index is -0.0550. The molecule has 0 bridgehead atoms. The molecular formula is C14H30O. The van der Waals surface area contributed by atoms with Gasteiger partial charge in [0.15, 0.2) is 0 Å². The molecule has 0 aromatic heterocycles. The van der Waals surface area contributed by atoms with Crippen molar-refractivity contribution >= 4 is 0 Å². The number of aliphatic hydroxyl groups excluding tert-OH is 1. The molecule has 0 heterocycles. The highest BCUT2D eigenvalue weighted by Crippen LogP contribution is 2.13. The lowest BCUT2D eigenvalue weighted by molar-refractivity contribution is 0.136. The van der Waals surface area contributed by atoms with Crippen molar-refractivity contribution in [2.24, 2.45) is 5.92 Å². The first-order chi connectivity index (χ1) is 7.16. The molecule has 0 rings (SSSR count). The van der Waals surface area contributed by atoms with Gasteiger partial charge in [0.2, 0.25) is 0 Å². The lowest BCUT2D eigenvalue weighted by atomic mass is 10.0. The van der Waals surface area contributed by atoms with Crippen molar-refractivity contribution in [3.8, 4) is 0 Å². The van der Waals surface area contributed by atoms with E-state index < -0.39 is 0 Å². The van der Waals surface area contributed by atoms with Crippen LogP contribution >= 0.6 is 0 Å². The summed E-state index contributed by atoms with van der Waals surface area (Å²) in [6.07, 6.45) is 11.3. The third kappa shape index (κ3) is 11.9. The fourth-order valence-corrected chi connectivity index (χ4v) is 2.00. The SMILES string of the molecule is CCCCCCCCCC(O)CC(C)C. The van der Waals surface area contributed by atoms with Gasteiger partial charge >= 0.3 is 0 Å². The van der Waals surface area contributed by atoms with E-state index in [1.807, 2.05) is 0 Å². The first kappa shape index (κ1) is 15.0. The fraction of sp³-hybridized carbons (Fsp3) is 1.00. The van der Waals surface area contributed by atoms with Gasteiger partial charge in [0, 0.05) is 0 Å². The molecule has 1 nitrogen and oxygen atoms in total. The number of hydrogen-bond acceptors (Lipinski definition) is 1. The lowest BCUT2D eigenvalue weighted by Gasteiger charge is -2.12. The van der Waals surface area contributed by atoms with Crippen LogP contribution in [-0.4, -0.2) is 11.2 Å². The van der Waals surface area contributed by atoms with Crippen LogP contribution in [0.5, 0.6) is 0 Å². The summed E-state index contributed by atoms with van der Waals surface area (Å²) in [5, 5.41) is 9.66. The van der Waals surface area contributed by atoms with Gasteiger partial charge in [-0.05, 0) is 18.8 Å². The van der Waals surface area contributed by atoms with E-state index in [4.69, 9.17) is 0 Å². The molecule has 0 amide bonds. The second-order valence-corrected chi connectivity index (χ2v) is 5.19. The zero-order valence-corrected chi connectivity index (χ0v) is 11.0. The van der Waals surface area contributed by atoms with Crippen molar-refractivity contribution < 1.29 is 5.11 Å². The van der Waals surface area contributed by atoms with E-state index in [2.05, 4.69) is 20.8 Å². The van der Waals surface area contributed by atoms with Gasteiger partial charge in [-0.15, -0.1) is 0 Å². The average Bonchev–Trinajstić information content (AvgIpc) is 2.15. The van der Waals surface area contributed by atoms with Gasteiger partial charge in [-0.3, -0.25) is 0 Å². The lowest BCUT2D eigenvalue weighted by Crippen LogP contribution is -2.09. The smallest absolute Gasteiger partial charge is 0.0542 e.